The van der Waals surface area contributed by atoms with Gasteiger partial charge >= 0.3 is 0 Å². The van der Waals surface area contributed by atoms with Crippen molar-refractivity contribution in [3.8, 4) is 0 Å². The predicted octanol–water partition coefficient (Wildman–Crippen LogP) is 5.54. The van der Waals surface area contributed by atoms with Gasteiger partial charge in [0, 0.05) is 12.8 Å². The van der Waals surface area contributed by atoms with Crippen molar-refractivity contribution in [3.05, 3.63) is 35.4 Å². The Kier molecular flexibility index (Phi) is 7.60. The van der Waals surface area contributed by atoms with E-state index in [1.807, 2.05) is 6.21 Å². The fraction of sp³-hybridized carbons (Fsp3) is 0.588. The van der Waals surface area contributed by atoms with E-state index in [1.165, 1.54) is 30.4 Å². The predicted molar refractivity (Wildman–Crippen MR) is 97.9 cm³/mol. The van der Waals surface area contributed by atoms with Crippen LogP contribution in [0.1, 0.15) is 37.3 Å². The Labute approximate surface area is 129 Å². The van der Waals surface area contributed by atoms with Gasteiger partial charge in [0.15, 0.2) is 0 Å². The molecule has 0 aliphatic heterocycles. The number of aliphatic imine (C=N–C) groups is 1. The molecule has 1 rings (SSSR count). The Morgan fingerprint density at radius 2 is 2.05 bits per heavy atom. The molecular formula is C17H29NSSi. The minimum atomic E-state index is -0.990. The highest BCUT2D eigenvalue weighted by Crippen LogP contribution is 2.29. The zero-order valence-electron chi connectivity index (χ0n) is 13.6. The van der Waals surface area contributed by atoms with Gasteiger partial charge < -0.3 is 0 Å². The molecule has 112 valence electrons. The Hall–Kier alpha value is -0.543. The summed E-state index contributed by atoms with van der Waals surface area (Å²) in [5.74, 6) is 0. The summed E-state index contributed by atoms with van der Waals surface area (Å²) in [6, 6.07) is 8.51. The number of hydrogen-bond acceptors (Lipinski definition) is 2. The molecule has 1 unspecified atom stereocenters. The molecule has 3 heteroatoms. The topological polar surface area (TPSA) is 12.4 Å². The summed E-state index contributed by atoms with van der Waals surface area (Å²) >= 11 is 2.25. The lowest BCUT2D eigenvalue weighted by atomic mass is 10.1. The number of hydrogen-bond donors (Lipinski definition) is 0. The van der Waals surface area contributed by atoms with Crippen LogP contribution in [0, 0.1) is 6.92 Å². The number of nitrogens with zero attached hydrogens (tertiary/aromatic N) is 1. The molecule has 0 amide bonds. The van der Waals surface area contributed by atoms with Crippen molar-refractivity contribution in [2.75, 3.05) is 6.54 Å². The second kappa shape index (κ2) is 8.68. The third kappa shape index (κ3) is 7.90. The highest BCUT2D eigenvalue weighted by molar-refractivity contribution is 8.29. The van der Waals surface area contributed by atoms with Gasteiger partial charge in [0.25, 0.3) is 0 Å². The van der Waals surface area contributed by atoms with Crippen molar-refractivity contribution < 1.29 is 0 Å². The van der Waals surface area contributed by atoms with E-state index in [0.29, 0.717) is 0 Å². The van der Waals surface area contributed by atoms with E-state index in [9.17, 15) is 0 Å². The first-order valence-corrected chi connectivity index (χ1v) is 12.8. The highest BCUT2D eigenvalue weighted by Gasteiger charge is 2.19. The van der Waals surface area contributed by atoms with Gasteiger partial charge in [-0.15, -0.1) is 0 Å². The smallest absolute Gasteiger partial charge is 0.108 e. The second-order valence-corrected chi connectivity index (χ2v) is 15.9. The lowest BCUT2D eigenvalue weighted by molar-refractivity contribution is 0.693. The fourth-order valence-electron chi connectivity index (χ4n) is 2.18. The molecule has 0 radical (unpaired) electrons. The van der Waals surface area contributed by atoms with Crippen molar-refractivity contribution >= 4 is 24.6 Å². The fourth-order valence-corrected chi connectivity index (χ4v) is 7.48. The first kappa shape index (κ1) is 17.5. The SMILES string of the molecule is CCC(CCCN=Cc1cccc(C)c1)S[Si](C)(C)C. The van der Waals surface area contributed by atoms with E-state index < -0.39 is 7.22 Å². The molecule has 0 fully saturated rings. The van der Waals surface area contributed by atoms with Crippen molar-refractivity contribution in [2.24, 2.45) is 4.99 Å². The van der Waals surface area contributed by atoms with Crippen LogP contribution in [-0.2, 0) is 0 Å². The van der Waals surface area contributed by atoms with Crippen LogP contribution in [0.25, 0.3) is 0 Å². The molecule has 1 nitrogen and oxygen atoms in total. The molecule has 0 aliphatic rings. The van der Waals surface area contributed by atoms with Crippen LogP contribution in [-0.4, -0.2) is 25.2 Å². The van der Waals surface area contributed by atoms with Gasteiger partial charge in [-0.1, -0.05) is 56.4 Å². The van der Waals surface area contributed by atoms with Gasteiger partial charge in [0.05, 0.1) is 0 Å². The zero-order chi connectivity index (χ0) is 15.0. The van der Waals surface area contributed by atoms with Crippen LogP contribution >= 0.6 is 11.2 Å². The molecule has 1 aromatic carbocycles. The number of benzene rings is 1. The molecule has 0 saturated carbocycles. The molecule has 1 aromatic rings. The summed E-state index contributed by atoms with van der Waals surface area (Å²) in [6.07, 6.45) is 5.81. The lowest BCUT2D eigenvalue weighted by Crippen LogP contribution is -2.20. The Morgan fingerprint density at radius 1 is 1.30 bits per heavy atom. The summed E-state index contributed by atoms with van der Waals surface area (Å²) in [5.41, 5.74) is 2.51. The van der Waals surface area contributed by atoms with Gasteiger partial charge in [0.2, 0.25) is 0 Å². The summed E-state index contributed by atoms with van der Waals surface area (Å²) in [4.78, 5) is 4.56. The molecular weight excluding hydrogens is 278 g/mol. The first-order valence-electron chi connectivity index (χ1n) is 7.65. The summed E-state index contributed by atoms with van der Waals surface area (Å²) in [7, 11) is -0.990. The quantitative estimate of drug-likeness (QED) is 0.349. The molecule has 0 aliphatic carbocycles. The molecule has 1 atom stereocenters. The standard InChI is InChI=1S/C17H29NSSi/c1-6-17(19-20(3,4)5)11-8-12-18-14-16-10-7-9-15(2)13-16/h7,9-10,13-14,17H,6,8,11-12H2,1-5H3. The van der Waals surface area contributed by atoms with Crippen molar-refractivity contribution in [3.63, 3.8) is 0 Å². The largest absolute Gasteiger partial charge is 0.293 e. The zero-order valence-corrected chi connectivity index (χ0v) is 15.5. The van der Waals surface area contributed by atoms with Crippen molar-refractivity contribution in [2.45, 2.75) is 58.0 Å². The van der Waals surface area contributed by atoms with E-state index in [4.69, 9.17) is 0 Å². The van der Waals surface area contributed by atoms with Gasteiger partial charge in [0.1, 0.15) is 7.22 Å². The van der Waals surface area contributed by atoms with Gasteiger partial charge in [-0.05, 0) is 37.0 Å². The minimum absolute atomic E-state index is 0.829. The van der Waals surface area contributed by atoms with Crippen LogP contribution in [0.5, 0.6) is 0 Å². The van der Waals surface area contributed by atoms with E-state index in [1.54, 1.807) is 0 Å². The third-order valence-electron chi connectivity index (χ3n) is 3.07. The second-order valence-electron chi connectivity index (χ2n) is 6.35. The lowest BCUT2D eigenvalue weighted by Gasteiger charge is -2.23. The average molecular weight is 308 g/mol. The number of aryl methyl sites for hydroxylation is 1. The van der Waals surface area contributed by atoms with Gasteiger partial charge in [-0.2, -0.15) is 11.2 Å². The molecule has 0 heterocycles. The summed E-state index contributed by atoms with van der Waals surface area (Å²) in [5, 5.41) is 0.829. The Balaban J connectivity index is 2.30. The van der Waals surface area contributed by atoms with Crippen LogP contribution < -0.4 is 0 Å². The summed E-state index contributed by atoms with van der Waals surface area (Å²) in [6.45, 7) is 12.7. The van der Waals surface area contributed by atoms with Crippen LogP contribution in [0.3, 0.4) is 0 Å². The van der Waals surface area contributed by atoms with Gasteiger partial charge in [-0.25, -0.2) is 0 Å². The van der Waals surface area contributed by atoms with E-state index >= 15 is 0 Å². The first-order chi connectivity index (χ1) is 9.40. The molecule has 0 saturated heterocycles. The third-order valence-corrected chi connectivity index (χ3v) is 7.80. The average Bonchev–Trinajstić information content (AvgIpc) is 2.35. The normalized spacial score (nSPS) is 13.8. The van der Waals surface area contributed by atoms with E-state index in [-0.39, 0.29) is 0 Å². The molecule has 0 spiro atoms. The summed E-state index contributed by atoms with van der Waals surface area (Å²) < 4.78 is 0. The Bertz CT molecular complexity index is 423. The molecule has 0 aromatic heterocycles. The molecule has 0 N–H and O–H groups in total. The maximum absolute atomic E-state index is 4.56. The van der Waals surface area contributed by atoms with Crippen LogP contribution in [0.4, 0.5) is 0 Å². The van der Waals surface area contributed by atoms with Crippen molar-refractivity contribution in [1.29, 1.82) is 0 Å². The van der Waals surface area contributed by atoms with E-state index in [2.05, 4.69) is 74.0 Å². The Morgan fingerprint density at radius 3 is 2.65 bits per heavy atom. The molecule has 0 bridgehead atoms. The van der Waals surface area contributed by atoms with Crippen LogP contribution in [0.15, 0.2) is 29.3 Å². The maximum atomic E-state index is 4.56. The van der Waals surface area contributed by atoms with Crippen molar-refractivity contribution in [1.82, 2.24) is 0 Å². The van der Waals surface area contributed by atoms with Gasteiger partial charge in [-0.3, -0.25) is 4.99 Å². The monoisotopic (exact) mass is 307 g/mol. The minimum Gasteiger partial charge on any atom is -0.293 e. The highest BCUT2D eigenvalue weighted by atomic mass is 32.4. The van der Waals surface area contributed by atoms with E-state index in [0.717, 1.165) is 11.8 Å². The molecule has 20 heavy (non-hydrogen) atoms. The maximum Gasteiger partial charge on any atom is 0.108 e. The number of rotatable bonds is 8. The van der Waals surface area contributed by atoms with Crippen LogP contribution in [0.2, 0.25) is 19.6 Å².